The van der Waals surface area contributed by atoms with Crippen LogP contribution in [0.3, 0.4) is 0 Å². The molecule has 1 saturated heterocycles. The minimum absolute atomic E-state index is 0. The minimum Gasteiger partial charge on any atom is -0.519 e. The Morgan fingerprint density at radius 3 is 2.77 bits per heavy atom. The maximum atomic E-state index is 12.4. The van der Waals surface area contributed by atoms with E-state index in [1.807, 2.05) is 10.6 Å². The van der Waals surface area contributed by atoms with E-state index in [0.29, 0.717) is 31.3 Å². The van der Waals surface area contributed by atoms with Gasteiger partial charge in [-0.1, -0.05) is 13.8 Å². The van der Waals surface area contributed by atoms with Crippen LogP contribution in [0.15, 0.2) is 29.2 Å². The first kappa shape index (κ1) is 25.7. The van der Waals surface area contributed by atoms with Crippen molar-refractivity contribution in [2.24, 2.45) is 5.41 Å². The van der Waals surface area contributed by atoms with Crippen molar-refractivity contribution >= 4 is 5.97 Å². The van der Waals surface area contributed by atoms with E-state index in [4.69, 9.17) is 14.2 Å². The fourth-order valence-corrected chi connectivity index (χ4v) is 4.24. The van der Waals surface area contributed by atoms with Gasteiger partial charge in [0, 0.05) is 37.5 Å². The Labute approximate surface area is 206 Å². The molecule has 0 aliphatic carbocycles. The van der Waals surface area contributed by atoms with Crippen LogP contribution in [0.5, 0.6) is 5.75 Å². The molecule has 0 saturated carbocycles. The molecule has 2 aliphatic heterocycles. The monoisotopic (exact) mass is 651 g/mol. The summed E-state index contributed by atoms with van der Waals surface area (Å²) in [5.41, 5.74) is 1.44. The number of nitrogens with zero attached hydrogens (tertiary/aromatic N) is 1. The molecule has 1 N–H and O–H groups in total. The zero-order valence-corrected chi connectivity index (χ0v) is 22.4. The largest absolute Gasteiger partial charge is 2.00 e. The summed E-state index contributed by atoms with van der Waals surface area (Å²) >= 11 is 0. The van der Waals surface area contributed by atoms with Crippen LogP contribution >= 0.6 is 0 Å². The van der Waals surface area contributed by atoms with Crippen molar-refractivity contribution in [3.63, 3.8) is 0 Å². The van der Waals surface area contributed by atoms with Crippen molar-refractivity contribution in [2.75, 3.05) is 26.9 Å². The van der Waals surface area contributed by atoms with Gasteiger partial charge in [-0.05, 0) is 11.8 Å². The Morgan fingerprint density at radius 2 is 2.10 bits per heavy atom. The molecule has 0 radical (unpaired) electrons. The van der Waals surface area contributed by atoms with E-state index in [9.17, 15) is 14.7 Å². The van der Waals surface area contributed by atoms with Gasteiger partial charge < -0.3 is 31.3 Å². The molecule has 0 unspecified atom stereocenters. The third-order valence-corrected chi connectivity index (χ3v) is 5.62. The van der Waals surface area contributed by atoms with Crippen LogP contribution in [0.2, 0.25) is 0 Å². The molecule has 1 fully saturated rings. The molecule has 2 aliphatic rings. The zero-order chi connectivity index (χ0) is 20.8. The van der Waals surface area contributed by atoms with Crippen molar-refractivity contribution < 1.29 is 55.2 Å². The SMILES string of the molecule is COCCCOc1[c-]cc2c(c1)[C@H]1OCC(C)(C)[C@H]1n1cc(C(=O)O)c(=O)cc1-2.[CH3-].[U+2]. The fraction of sp³-hybridized carbons (Fsp3) is 0.435. The number of carboxylic acid groups (broad SMARTS) is 1. The van der Waals surface area contributed by atoms with Crippen LogP contribution in [0.1, 0.15) is 48.3 Å². The summed E-state index contributed by atoms with van der Waals surface area (Å²) in [5.74, 6) is -0.611. The standard InChI is InChI=1S/C22H24NO6.CH3.U/c1-22(2)12-29-19-15-9-13(28-8-4-7-27-3)5-6-14(15)17-10-18(24)16(21(25)26)11-23(17)20(19)22;;/h6,9-11,19-20H,4,7-8,12H2,1-3H3,(H,25,26);1H3;/q2*-1;+2/t19-,20+;;/m1../s1. The minimum atomic E-state index is -1.23. The second-order valence-electron chi connectivity index (χ2n) is 8.18. The van der Waals surface area contributed by atoms with E-state index < -0.39 is 11.4 Å². The number of aromatic carboxylic acids is 1. The van der Waals surface area contributed by atoms with Gasteiger partial charge in [-0.3, -0.25) is 4.79 Å². The Morgan fingerprint density at radius 1 is 1.35 bits per heavy atom. The van der Waals surface area contributed by atoms with E-state index in [0.717, 1.165) is 17.5 Å². The molecule has 0 amide bonds. The van der Waals surface area contributed by atoms with Gasteiger partial charge in [-0.15, -0.1) is 23.3 Å². The maximum Gasteiger partial charge on any atom is 2.00 e. The summed E-state index contributed by atoms with van der Waals surface area (Å²) in [6, 6.07) is 8.10. The third-order valence-electron chi connectivity index (χ3n) is 5.62. The average Bonchev–Trinajstić information content (AvgIpc) is 3.00. The summed E-state index contributed by atoms with van der Waals surface area (Å²) < 4.78 is 18.9. The van der Waals surface area contributed by atoms with Crippen molar-refractivity contribution in [2.45, 2.75) is 32.4 Å². The number of aromatic nitrogens is 1. The maximum absolute atomic E-state index is 12.4. The van der Waals surface area contributed by atoms with Crippen molar-refractivity contribution in [1.29, 1.82) is 0 Å². The summed E-state index contributed by atoms with van der Waals surface area (Å²) in [5, 5.41) is 9.41. The summed E-state index contributed by atoms with van der Waals surface area (Å²) in [4.78, 5) is 23.9. The van der Waals surface area contributed by atoms with Crippen molar-refractivity contribution in [3.8, 4) is 17.0 Å². The Hall–Kier alpha value is -1.59. The second-order valence-corrected chi connectivity index (χ2v) is 8.18. The van der Waals surface area contributed by atoms with Crippen molar-refractivity contribution in [1.82, 2.24) is 4.57 Å². The normalized spacial score (nSPS) is 19.8. The first-order valence-electron chi connectivity index (χ1n) is 9.62. The van der Waals surface area contributed by atoms with Gasteiger partial charge >= 0.3 is 37.1 Å². The van der Waals surface area contributed by atoms with Gasteiger partial charge in [-0.2, -0.15) is 6.07 Å². The molecule has 0 bridgehead atoms. The molecule has 1 aromatic carbocycles. The first-order valence-corrected chi connectivity index (χ1v) is 9.62. The molecule has 164 valence electrons. The molecule has 4 rings (SSSR count). The molecular formula is C23H27NO6U. The molecule has 3 heterocycles. The summed E-state index contributed by atoms with van der Waals surface area (Å²) in [6.45, 7) is 5.83. The van der Waals surface area contributed by atoms with Gasteiger partial charge in [0.25, 0.3) is 0 Å². The molecule has 7 nitrogen and oxygen atoms in total. The molecule has 0 spiro atoms. The topological polar surface area (TPSA) is 87.0 Å². The molecule has 1 aromatic heterocycles. The smallest absolute Gasteiger partial charge is 0.519 e. The van der Waals surface area contributed by atoms with Gasteiger partial charge in [0.15, 0.2) is 5.43 Å². The Bertz CT molecular complexity index is 1020. The van der Waals surface area contributed by atoms with Crippen LogP contribution in [0.25, 0.3) is 11.3 Å². The molecule has 2 aromatic rings. The number of ether oxygens (including phenoxy) is 3. The number of pyridine rings is 1. The number of carboxylic acids is 1. The van der Waals surface area contributed by atoms with Crippen LogP contribution in [-0.2, 0) is 9.47 Å². The third kappa shape index (κ3) is 4.63. The van der Waals surface area contributed by atoms with Crippen LogP contribution in [0, 0.1) is 50.0 Å². The van der Waals surface area contributed by atoms with Crippen LogP contribution in [0.4, 0.5) is 0 Å². The predicted octanol–water partition coefficient (Wildman–Crippen LogP) is 3.53. The van der Waals surface area contributed by atoms with Crippen molar-refractivity contribution in [3.05, 3.63) is 59.2 Å². The Kier molecular flexibility index (Phi) is 8.21. The van der Waals surface area contributed by atoms with Gasteiger partial charge in [0.1, 0.15) is 5.56 Å². The molecule has 31 heavy (non-hydrogen) atoms. The first-order chi connectivity index (χ1) is 13.8. The van der Waals surface area contributed by atoms with Crippen LogP contribution in [-0.4, -0.2) is 42.6 Å². The van der Waals surface area contributed by atoms with E-state index in [-0.39, 0.29) is 61.7 Å². The average molecular weight is 651 g/mol. The summed E-state index contributed by atoms with van der Waals surface area (Å²) in [6.07, 6.45) is 1.96. The predicted molar refractivity (Wildman–Crippen MR) is 112 cm³/mol. The molecule has 8 heteroatoms. The van der Waals surface area contributed by atoms with Gasteiger partial charge in [0.2, 0.25) is 0 Å². The second kappa shape index (κ2) is 9.91. The quantitative estimate of drug-likeness (QED) is 0.380. The number of hydrogen-bond donors (Lipinski definition) is 1. The number of fused-ring (bicyclic) bond motifs is 6. The van der Waals surface area contributed by atoms with E-state index in [2.05, 4.69) is 19.9 Å². The van der Waals surface area contributed by atoms with E-state index in [1.54, 1.807) is 13.2 Å². The molecule has 2 atom stereocenters. The molecular weight excluding hydrogens is 624 g/mol. The van der Waals surface area contributed by atoms with Crippen LogP contribution < -0.4 is 10.2 Å². The van der Waals surface area contributed by atoms with E-state index >= 15 is 0 Å². The Balaban J connectivity index is 0.00000171. The van der Waals surface area contributed by atoms with E-state index in [1.165, 1.54) is 12.3 Å². The zero-order valence-electron chi connectivity index (χ0n) is 18.2. The number of methoxy groups -OCH3 is 1. The fourth-order valence-electron chi connectivity index (χ4n) is 4.24. The summed E-state index contributed by atoms with van der Waals surface area (Å²) in [7, 11) is 1.65. The number of rotatable bonds is 6. The van der Waals surface area contributed by atoms with Gasteiger partial charge in [0.05, 0.1) is 25.4 Å². The number of carbonyl (C=O) groups is 1. The number of benzene rings is 1. The van der Waals surface area contributed by atoms with Gasteiger partial charge in [-0.25, -0.2) is 4.79 Å². The number of hydrogen-bond acceptors (Lipinski definition) is 5.